The maximum atomic E-state index is 13.5. The summed E-state index contributed by atoms with van der Waals surface area (Å²) in [7, 11) is 0. The van der Waals surface area contributed by atoms with Gasteiger partial charge in [-0.2, -0.15) is 0 Å². The summed E-state index contributed by atoms with van der Waals surface area (Å²) < 4.78 is 13.5. The number of nitrogens with one attached hydrogen (secondary N) is 2. The van der Waals surface area contributed by atoms with Gasteiger partial charge in [-0.05, 0) is 49.5 Å². The van der Waals surface area contributed by atoms with Crippen LogP contribution in [0.3, 0.4) is 0 Å². The molecule has 2 aliphatic rings. The van der Waals surface area contributed by atoms with Crippen molar-refractivity contribution in [1.82, 2.24) is 15.5 Å². The molecular weight excluding hydrogens is 253 g/mol. The van der Waals surface area contributed by atoms with Crippen molar-refractivity contribution in [3.8, 4) is 0 Å². The Morgan fingerprint density at radius 2 is 2.10 bits per heavy atom. The van der Waals surface area contributed by atoms with Crippen LogP contribution in [0.25, 0.3) is 0 Å². The van der Waals surface area contributed by atoms with E-state index in [0.29, 0.717) is 6.04 Å². The molecule has 0 bridgehead atoms. The van der Waals surface area contributed by atoms with Gasteiger partial charge < -0.3 is 10.6 Å². The molecule has 2 N–H and O–H groups in total. The summed E-state index contributed by atoms with van der Waals surface area (Å²) in [6, 6.07) is 7.38. The van der Waals surface area contributed by atoms with Gasteiger partial charge in [0.25, 0.3) is 0 Å². The molecule has 0 radical (unpaired) electrons. The van der Waals surface area contributed by atoms with E-state index in [4.69, 9.17) is 0 Å². The smallest absolute Gasteiger partial charge is 0.123 e. The Hall–Kier alpha value is -0.970. The van der Waals surface area contributed by atoms with Crippen LogP contribution < -0.4 is 10.6 Å². The van der Waals surface area contributed by atoms with E-state index in [1.54, 1.807) is 6.07 Å². The van der Waals surface area contributed by atoms with Crippen molar-refractivity contribution in [3.05, 3.63) is 35.6 Å². The zero-order chi connectivity index (χ0) is 13.8. The van der Waals surface area contributed by atoms with E-state index >= 15 is 0 Å². The van der Waals surface area contributed by atoms with Gasteiger partial charge in [0.15, 0.2) is 0 Å². The topological polar surface area (TPSA) is 27.3 Å². The third-order valence-electron chi connectivity index (χ3n) is 4.48. The first-order chi connectivity index (χ1) is 9.83. The lowest BCUT2D eigenvalue weighted by Crippen LogP contribution is -2.49. The Morgan fingerprint density at radius 3 is 2.90 bits per heavy atom. The first-order valence-electron chi connectivity index (χ1n) is 7.74. The third-order valence-corrected chi connectivity index (χ3v) is 4.48. The second-order valence-corrected chi connectivity index (χ2v) is 5.98. The molecule has 2 atom stereocenters. The minimum Gasteiger partial charge on any atom is -0.316 e. The first kappa shape index (κ1) is 14.0. The number of piperazine rings is 1. The molecule has 3 rings (SSSR count). The van der Waals surface area contributed by atoms with Crippen molar-refractivity contribution >= 4 is 0 Å². The molecule has 20 heavy (non-hydrogen) atoms. The first-order valence-corrected chi connectivity index (χ1v) is 7.74. The highest BCUT2D eigenvalue weighted by Crippen LogP contribution is 2.25. The Balaban J connectivity index is 1.70. The van der Waals surface area contributed by atoms with Gasteiger partial charge in [-0.15, -0.1) is 0 Å². The van der Waals surface area contributed by atoms with Crippen molar-refractivity contribution in [2.75, 3.05) is 39.3 Å². The number of halogens is 1. The van der Waals surface area contributed by atoms with E-state index in [-0.39, 0.29) is 5.82 Å². The fourth-order valence-corrected chi connectivity index (χ4v) is 3.42. The number of hydrogen-bond acceptors (Lipinski definition) is 3. The Kier molecular flexibility index (Phi) is 4.65. The van der Waals surface area contributed by atoms with Crippen LogP contribution >= 0.6 is 0 Å². The van der Waals surface area contributed by atoms with Crippen LogP contribution in [0.15, 0.2) is 24.3 Å². The number of nitrogens with zero attached hydrogens (tertiary/aromatic N) is 1. The summed E-state index contributed by atoms with van der Waals surface area (Å²) in [6.07, 6.45) is 2.59. The predicted octanol–water partition coefficient (Wildman–Crippen LogP) is 1.77. The van der Waals surface area contributed by atoms with Gasteiger partial charge in [0.2, 0.25) is 0 Å². The van der Waals surface area contributed by atoms with Gasteiger partial charge >= 0.3 is 0 Å². The molecule has 3 nitrogen and oxygen atoms in total. The molecule has 2 aliphatic heterocycles. The van der Waals surface area contributed by atoms with Gasteiger partial charge in [0.05, 0.1) is 0 Å². The van der Waals surface area contributed by atoms with Gasteiger partial charge in [-0.3, -0.25) is 4.90 Å². The van der Waals surface area contributed by atoms with Crippen molar-refractivity contribution in [2.45, 2.75) is 18.9 Å². The quantitative estimate of drug-likeness (QED) is 0.882. The molecule has 2 unspecified atom stereocenters. The zero-order valence-corrected chi connectivity index (χ0v) is 11.9. The van der Waals surface area contributed by atoms with Crippen molar-refractivity contribution in [1.29, 1.82) is 0 Å². The molecular formula is C16H24FN3. The predicted molar refractivity (Wildman–Crippen MR) is 79.2 cm³/mol. The second-order valence-electron chi connectivity index (χ2n) is 5.98. The molecule has 110 valence electrons. The molecule has 1 aromatic carbocycles. The summed E-state index contributed by atoms with van der Waals surface area (Å²) in [5, 5.41) is 6.93. The Labute approximate surface area is 120 Å². The standard InChI is InChI=1S/C16H24FN3/c17-15-5-1-4-14(9-15)16-11-19-7-8-20(16)12-13-3-2-6-18-10-13/h1,4-5,9,13,16,18-19H,2-3,6-8,10-12H2. The SMILES string of the molecule is Fc1cccc(C2CNCCN2CC2CCCNC2)c1. The van der Waals surface area contributed by atoms with Gasteiger partial charge in [0.1, 0.15) is 5.82 Å². The van der Waals surface area contributed by atoms with E-state index in [2.05, 4.69) is 15.5 Å². The molecule has 2 saturated heterocycles. The lowest BCUT2D eigenvalue weighted by atomic mass is 9.96. The van der Waals surface area contributed by atoms with Gasteiger partial charge in [0, 0.05) is 32.2 Å². The van der Waals surface area contributed by atoms with Gasteiger partial charge in [-0.1, -0.05) is 12.1 Å². The molecule has 0 amide bonds. The fourth-order valence-electron chi connectivity index (χ4n) is 3.42. The molecule has 0 saturated carbocycles. The minimum atomic E-state index is -0.132. The van der Waals surface area contributed by atoms with Crippen molar-refractivity contribution in [2.24, 2.45) is 5.92 Å². The molecule has 0 aromatic heterocycles. The van der Waals surface area contributed by atoms with Crippen LogP contribution in [0, 0.1) is 11.7 Å². The van der Waals surface area contributed by atoms with Gasteiger partial charge in [-0.25, -0.2) is 4.39 Å². The Bertz CT molecular complexity index is 431. The lowest BCUT2D eigenvalue weighted by Gasteiger charge is -2.39. The second kappa shape index (κ2) is 6.66. The lowest BCUT2D eigenvalue weighted by molar-refractivity contribution is 0.127. The number of hydrogen-bond donors (Lipinski definition) is 2. The maximum absolute atomic E-state index is 13.5. The van der Waals surface area contributed by atoms with E-state index < -0.39 is 0 Å². The molecule has 2 fully saturated rings. The van der Waals surface area contributed by atoms with Crippen molar-refractivity contribution in [3.63, 3.8) is 0 Å². The number of rotatable bonds is 3. The third kappa shape index (κ3) is 3.37. The number of benzene rings is 1. The average Bonchev–Trinajstić information content (AvgIpc) is 2.49. The highest BCUT2D eigenvalue weighted by molar-refractivity contribution is 5.21. The van der Waals surface area contributed by atoms with E-state index in [1.807, 2.05) is 12.1 Å². The van der Waals surface area contributed by atoms with E-state index in [9.17, 15) is 4.39 Å². The van der Waals surface area contributed by atoms with Crippen LogP contribution in [0.4, 0.5) is 4.39 Å². The molecule has 4 heteroatoms. The summed E-state index contributed by atoms with van der Waals surface area (Å²) in [5.74, 6) is 0.602. The molecule has 2 heterocycles. The van der Waals surface area contributed by atoms with Crippen molar-refractivity contribution < 1.29 is 4.39 Å². The molecule has 1 aromatic rings. The van der Waals surface area contributed by atoms with Crippen LogP contribution in [0.2, 0.25) is 0 Å². The minimum absolute atomic E-state index is 0.132. The highest BCUT2D eigenvalue weighted by Gasteiger charge is 2.26. The summed E-state index contributed by atoms with van der Waals surface area (Å²) in [6.45, 7) is 6.41. The summed E-state index contributed by atoms with van der Waals surface area (Å²) in [5.41, 5.74) is 1.10. The Morgan fingerprint density at radius 1 is 1.20 bits per heavy atom. The molecule has 0 spiro atoms. The van der Waals surface area contributed by atoms with Crippen LogP contribution in [-0.2, 0) is 0 Å². The van der Waals surface area contributed by atoms with E-state index in [0.717, 1.165) is 50.7 Å². The maximum Gasteiger partial charge on any atom is 0.123 e. The zero-order valence-electron chi connectivity index (χ0n) is 11.9. The largest absolute Gasteiger partial charge is 0.316 e. The van der Waals surface area contributed by atoms with E-state index in [1.165, 1.54) is 18.9 Å². The average molecular weight is 277 g/mol. The van der Waals surface area contributed by atoms with Crippen LogP contribution in [-0.4, -0.2) is 44.2 Å². The van der Waals surface area contributed by atoms with Crippen LogP contribution in [0.5, 0.6) is 0 Å². The summed E-state index contributed by atoms with van der Waals surface area (Å²) >= 11 is 0. The highest BCUT2D eigenvalue weighted by atomic mass is 19.1. The van der Waals surface area contributed by atoms with Crippen LogP contribution in [0.1, 0.15) is 24.4 Å². The number of piperidine rings is 1. The monoisotopic (exact) mass is 277 g/mol. The summed E-state index contributed by atoms with van der Waals surface area (Å²) in [4.78, 5) is 2.53. The normalized spacial score (nSPS) is 28.4. The fraction of sp³-hybridized carbons (Fsp3) is 0.625. The molecule has 0 aliphatic carbocycles.